The Kier molecular flexibility index (Phi) is 5.24. The molecule has 0 saturated heterocycles. The fraction of sp³-hybridized carbons (Fsp3) is 0.136. The minimum absolute atomic E-state index is 0.0505. The number of carbonyl (C=O) groups is 1. The minimum atomic E-state index is -1.06. The van der Waals surface area contributed by atoms with Crippen molar-refractivity contribution in [2.75, 3.05) is 26.5 Å². The molecule has 0 unspecified atom stereocenters. The Morgan fingerprint density at radius 2 is 1.81 bits per heavy atom. The van der Waals surface area contributed by atoms with Crippen LogP contribution in [-0.2, 0) is 0 Å². The number of halogens is 2. The summed E-state index contributed by atoms with van der Waals surface area (Å²) >= 11 is 0. The predicted octanol–water partition coefficient (Wildman–Crippen LogP) is 4.13. The van der Waals surface area contributed by atoms with Crippen molar-refractivity contribution in [3.05, 3.63) is 72.2 Å². The number of nitrogens with zero attached hydrogens (tertiary/aromatic N) is 4. The summed E-state index contributed by atoms with van der Waals surface area (Å²) in [6.07, 6.45) is 4.59. The van der Waals surface area contributed by atoms with Crippen molar-refractivity contribution in [3.63, 3.8) is 0 Å². The van der Waals surface area contributed by atoms with Crippen LogP contribution in [0.15, 0.2) is 55.0 Å². The van der Waals surface area contributed by atoms with Gasteiger partial charge in [0.15, 0.2) is 23.0 Å². The van der Waals surface area contributed by atoms with Crippen LogP contribution in [0.4, 0.5) is 20.3 Å². The number of methoxy groups -OCH3 is 1. The molecule has 4 rings (SSSR count). The summed E-state index contributed by atoms with van der Waals surface area (Å²) in [4.78, 5) is 22.2. The number of nitrogens with one attached hydrogen (secondary N) is 1. The lowest BCUT2D eigenvalue weighted by Gasteiger charge is -2.11. The van der Waals surface area contributed by atoms with Gasteiger partial charge < -0.3 is 15.0 Å². The first-order valence-electron chi connectivity index (χ1n) is 9.34. The smallest absolute Gasteiger partial charge is 0.253 e. The molecule has 4 aromatic rings. The van der Waals surface area contributed by atoms with Gasteiger partial charge >= 0.3 is 0 Å². The van der Waals surface area contributed by atoms with E-state index in [2.05, 4.69) is 15.3 Å². The van der Waals surface area contributed by atoms with E-state index in [9.17, 15) is 13.6 Å². The molecular weight excluding hydrogens is 404 g/mol. The Morgan fingerprint density at radius 1 is 1.06 bits per heavy atom. The zero-order valence-electron chi connectivity index (χ0n) is 17.1. The molecule has 2 aromatic heterocycles. The average Bonchev–Trinajstić information content (AvgIpc) is 3.20. The maximum atomic E-state index is 14.6. The number of amides is 1. The van der Waals surface area contributed by atoms with Crippen molar-refractivity contribution in [3.8, 4) is 17.0 Å². The van der Waals surface area contributed by atoms with Crippen LogP contribution in [0.3, 0.4) is 0 Å². The molecule has 0 saturated carbocycles. The summed E-state index contributed by atoms with van der Waals surface area (Å²) < 4.78 is 35.2. The summed E-state index contributed by atoms with van der Waals surface area (Å²) in [5, 5.41) is 3.14. The molecular formula is C22H19F2N5O2. The van der Waals surface area contributed by atoms with Gasteiger partial charge in [-0.3, -0.25) is 9.20 Å². The molecule has 7 nitrogen and oxygen atoms in total. The maximum Gasteiger partial charge on any atom is 0.253 e. The summed E-state index contributed by atoms with van der Waals surface area (Å²) in [6, 6.07) is 9.72. The average molecular weight is 423 g/mol. The van der Waals surface area contributed by atoms with Crippen LogP contribution >= 0.6 is 0 Å². The van der Waals surface area contributed by atoms with Gasteiger partial charge in [0.05, 0.1) is 19.0 Å². The number of rotatable bonds is 5. The molecule has 31 heavy (non-hydrogen) atoms. The second-order valence-corrected chi connectivity index (χ2v) is 6.96. The number of carbonyl (C=O) groups excluding carboxylic acids is 1. The van der Waals surface area contributed by atoms with E-state index in [1.807, 2.05) is 0 Å². The topological polar surface area (TPSA) is 71.8 Å². The number of anilines is 2. The third-order valence-corrected chi connectivity index (χ3v) is 4.77. The predicted molar refractivity (Wildman–Crippen MR) is 113 cm³/mol. The van der Waals surface area contributed by atoms with E-state index < -0.39 is 11.6 Å². The number of benzene rings is 2. The number of hydrogen-bond acceptors (Lipinski definition) is 5. The number of hydrogen-bond donors (Lipinski definition) is 1. The Labute approximate surface area is 176 Å². The molecule has 0 aliphatic heterocycles. The third-order valence-electron chi connectivity index (χ3n) is 4.77. The van der Waals surface area contributed by atoms with Crippen molar-refractivity contribution >= 4 is 23.1 Å². The largest absolute Gasteiger partial charge is 0.494 e. The molecule has 0 atom stereocenters. The molecule has 1 amide bonds. The molecule has 9 heteroatoms. The third kappa shape index (κ3) is 3.65. The van der Waals surface area contributed by atoms with Gasteiger partial charge in [0.1, 0.15) is 0 Å². The fourth-order valence-electron chi connectivity index (χ4n) is 3.18. The minimum Gasteiger partial charge on any atom is -0.494 e. The highest BCUT2D eigenvalue weighted by atomic mass is 19.2. The molecule has 2 aromatic carbocycles. The van der Waals surface area contributed by atoms with Crippen LogP contribution in [-0.4, -0.2) is 46.4 Å². The molecule has 0 spiro atoms. The number of fused-ring (bicyclic) bond motifs is 1. The molecule has 0 bridgehead atoms. The molecule has 2 heterocycles. The van der Waals surface area contributed by atoms with E-state index in [-0.39, 0.29) is 17.2 Å². The van der Waals surface area contributed by atoms with Gasteiger partial charge in [0.2, 0.25) is 5.82 Å². The molecule has 0 aliphatic carbocycles. The highest BCUT2D eigenvalue weighted by molar-refractivity contribution is 5.94. The zero-order valence-corrected chi connectivity index (χ0v) is 17.1. The Balaban J connectivity index is 1.69. The molecule has 0 aliphatic rings. The summed E-state index contributed by atoms with van der Waals surface area (Å²) in [5.74, 6) is -1.92. The molecule has 0 fully saturated rings. The van der Waals surface area contributed by atoms with Gasteiger partial charge in [-0.15, -0.1) is 0 Å². The Hall–Kier alpha value is -4.01. The highest BCUT2D eigenvalue weighted by Gasteiger charge is 2.19. The normalized spacial score (nSPS) is 10.9. The highest BCUT2D eigenvalue weighted by Crippen LogP contribution is 2.31. The fourth-order valence-corrected chi connectivity index (χ4v) is 3.18. The van der Waals surface area contributed by atoms with Gasteiger partial charge in [-0.05, 0) is 36.4 Å². The SMILES string of the molecule is COc1ccc(-c2cnc3c(Nc4ccc(C(=O)N(C)C)cc4)nccn23)c(F)c1F. The van der Waals surface area contributed by atoms with Crippen LogP contribution in [0.25, 0.3) is 16.9 Å². The molecule has 1 N–H and O–H groups in total. The van der Waals surface area contributed by atoms with E-state index in [0.717, 1.165) is 0 Å². The van der Waals surface area contributed by atoms with Crippen molar-refractivity contribution < 1.29 is 18.3 Å². The van der Waals surface area contributed by atoms with Crippen molar-refractivity contribution in [2.24, 2.45) is 0 Å². The van der Waals surface area contributed by atoms with Gasteiger partial charge in [-0.2, -0.15) is 4.39 Å². The first-order chi connectivity index (χ1) is 14.9. The quantitative estimate of drug-likeness (QED) is 0.523. The van der Waals surface area contributed by atoms with Crippen molar-refractivity contribution in [1.29, 1.82) is 0 Å². The number of ether oxygens (including phenoxy) is 1. The number of imidazole rings is 1. The van der Waals surface area contributed by atoms with Gasteiger partial charge in [-0.25, -0.2) is 14.4 Å². The van der Waals surface area contributed by atoms with E-state index in [1.165, 1.54) is 36.5 Å². The van der Waals surface area contributed by atoms with Gasteiger partial charge in [-0.1, -0.05) is 0 Å². The Bertz CT molecular complexity index is 1270. The summed E-state index contributed by atoms with van der Waals surface area (Å²) in [5.41, 5.74) is 2.10. The van der Waals surface area contributed by atoms with Crippen LogP contribution in [0.5, 0.6) is 5.75 Å². The lowest BCUT2D eigenvalue weighted by molar-refractivity contribution is 0.0827. The van der Waals surface area contributed by atoms with Crippen molar-refractivity contribution in [1.82, 2.24) is 19.3 Å². The lowest BCUT2D eigenvalue weighted by atomic mass is 10.1. The first-order valence-corrected chi connectivity index (χ1v) is 9.34. The summed E-state index contributed by atoms with van der Waals surface area (Å²) in [7, 11) is 4.65. The van der Waals surface area contributed by atoms with Crippen LogP contribution in [0, 0.1) is 11.6 Å². The second kappa shape index (κ2) is 8.02. The lowest BCUT2D eigenvalue weighted by Crippen LogP contribution is -2.21. The van der Waals surface area contributed by atoms with E-state index in [4.69, 9.17) is 4.74 Å². The van der Waals surface area contributed by atoms with E-state index in [0.29, 0.717) is 28.4 Å². The number of aromatic nitrogens is 3. The maximum absolute atomic E-state index is 14.6. The molecule has 0 radical (unpaired) electrons. The first kappa shape index (κ1) is 20.3. The van der Waals surface area contributed by atoms with E-state index >= 15 is 0 Å². The van der Waals surface area contributed by atoms with E-state index in [1.54, 1.807) is 49.0 Å². The Morgan fingerprint density at radius 3 is 2.48 bits per heavy atom. The summed E-state index contributed by atoms with van der Waals surface area (Å²) in [6.45, 7) is 0. The van der Waals surface area contributed by atoms with Gasteiger partial charge in [0, 0.05) is 43.3 Å². The molecule has 158 valence electrons. The van der Waals surface area contributed by atoms with Crippen LogP contribution in [0.1, 0.15) is 10.4 Å². The monoisotopic (exact) mass is 423 g/mol. The second-order valence-electron chi connectivity index (χ2n) is 6.96. The van der Waals surface area contributed by atoms with Gasteiger partial charge in [0.25, 0.3) is 5.91 Å². The standard InChI is InChI=1S/C22H19F2N5O2/c1-28(2)22(30)13-4-6-14(7-5-13)27-20-21-26-12-16(29(21)11-10-25-20)15-8-9-17(31-3)19(24)18(15)23/h4-12H,1-3H3,(H,25,27). The van der Waals surface area contributed by atoms with Crippen LogP contribution in [0.2, 0.25) is 0 Å². The van der Waals surface area contributed by atoms with Crippen LogP contribution < -0.4 is 10.1 Å². The zero-order chi connectivity index (χ0) is 22.1. The van der Waals surface area contributed by atoms with Crippen molar-refractivity contribution in [2.45, 2.75) is 0 Å².